The fourth-order valence-electron chi connectivity index (χ4n) is 2.07. The fraction of sp³-hybridized carbons (Fsp3) is 0.333. The molecule has 22 heavy (non-hydrogen) atoms. The molecule has 0 saturated heterocycles. The Morgan fingerprint density at radius 3 is 2.68 bits per heavy atom. The van der Waals surface area contributed by atoms with Crippen molar-refractivity contribution in [2.24, 2.45) is 0 Å². The van der Waals surface area contributed by atoms with Crippen molar-refractivity contribution in [3.8, 4) is 0 Å². The van der Waals surface area contributed by atoms with Gasteiger partial charge in [-0.05, 0) is 6.07 Å². The van der Waals surface area contributed by atoms with Crippen molar-refractivity contribution in [3.05, 3.63) is 27.7 Å². The summed E-state index contributed by atoms with van der Waals surface area (Å²) in [4.78, 5) is 28.7. The number of hydrogen-bond donors (Lipinski definition) is 3. The molecule has 2 rings (SSSR count). The van der Waals surface area contributed by atoms with E-state index in [0.717, 1.165) is 6.07 Å². The largest absolute Gasteiger partial charge is 0.399 e. The summed E-state index contributed by atoms with van der Waals surface area (Å²) in [6.45, 7) is 1.41. The van der Waals surface area contributed by atoms with Gasteiger partial charge in [0.15, 0.2) is 6.21 Å². The third-order valence-electron chi connectivity index (χ3n) is 3.20. The SMILES string of the molecule is CC(=O)NC[N+]1=CCc2cc(Br)c(C(F)(F)P(=O)(O)O)cc21. The zero-order valence-corrected chi connectivity index (χ0v) is 13.9. The Labute approximate surface area is 133 Å². The number of halogens is 3. The summed E-state index contributed by atoms with van der Waals surface area (Å²) in [5, 5.41) is 2.53. The minimum atomic E-state index is -5.66. The van der Waals surface area contributed by atoms with E-state index in [1.807, 2.05) is 0 Å². The lowest BCUT2D eigenvalue weighted by Crippen LogP contribution is -2.27. The molecule has 10 heteroatoms. The zero-order valence-electron chi connectivity index (χ0n) is 11.4. The molecule has 0 fully saturated rings. The van der Waals surface area contributed by atoms with Crippen LogP contribution in [0.5, 0.6) is 0 Å². The van der Waals surface area contributed by atoms with Crippen LogP contribution in [0.1, 0.15) is 18.1 Å². The standard InChI is InChI=1S/C12H12BrF2N2O4P/c1-7(18)16-6-17-3-2-8-4-10(13)9(5-11(8)17)12(14,15)22(19,20)21/h3-5H,2,6H2,1H3,(H2-,16,18,19,20,21)/p+1. The molecule has 120 valence electrons. The Hall–Kier alpha value is -1.15. The maximum Gasteiger partial charge on any atom is 0.399 e. The van der Waals surface area contributed by atoms with Gasteiger partial charge in [-0.1, -0.05) is 15.9 Å². The van der Waals surface area contributed by atoms with Crippen LogP contribution < -0.4 is 5.32 Å². The van der Waals surface area contributed by atoms with Crippen molar-refractivity contribution in [1.82, 2.24) is 5.32 Å². The van der Waals surface area contributed by atoms with Crippen molar-refractivity contribution < 1.29 is 32.5 Å². The Morgan fingerprint density at radius 2 is 2.14 bits per heavy atom. The van der Waals surface area contributed by atoms with Crippen LogP contribution in [0.15, 0.2) is 16.6 Å². The van der Waals surface area contributed by atoms with Crippen molar-refractivity contribution >= 4 is 41.3 Å². The number of carbonyl (C=O) groups is 1. The maximum absolute atomic E-state index is 13.9. The normalized spacial score (nSPS) is 14.5. The number of carbonyl (C=O) groups excluding carboxylic acids is 1. The van der Waals surface area contributed by atoms with Gasteiger partial charge in [0, 0.05) is 23.0 Å². The van der Waals surface area contributed by atoms with Crippen molar-refractivity contribution in [1.29, 1.82) is 0 Å². The molecule has 1 aromatic carbocycles. The summed E-state index contributed by atoms with van der Waals surface area (Å²) in [7, 11) is -5.66. The Balaban J connectivity index is 2.45. The summed E-state index contributed by atoms with van der Waals surface area (Å²) in [5.74, 6) is -0.278. The van der Waals surface area contributed by atoms with E-state index in [4.69, 9.17) is 9.79 Å². The number of fused-ring (bicyclic) bond motifs is 1. The van der Waals surface area contributed by atoms with Crippen LogP contribution in [0.2, 0.25) is 0 Å². The van der Waals surface area contributed by atoms with Gasteiger partial charge in [0.2, 0.25) is 18.3 Å². The molecular weight excluding hydrogens is 385 g/mol. The summed E-state index contributed by atoms with van der Waals surface area (Å²) in [6, 6.07) is 2.43. The molecule has 1 heterocycles. The number of amides is 1. The molecule has 1 aromatic rings. The van der Waals surface area contributed by atoms with E-state index in [0.29, 0.717) is 17.7 Å². The lowest BCUT2D eigenvalue weighted by molar-refractivity contribution is -0.436. The van der Waals surface area contributed by atoms with E-state index in [-0.39, 0.29) is 17.0 Å². The highest BCUT2D eigenvalue weighted by Crippen LogP contribution is 2.61. The number of benzene rings is 1. The molecule has 0 aromatic heterocycles. The van der Waals surface area contributed by atoms with Gasteiger partial charge in [0.1, 0.15) is 0 Å². The predicted octanol–water partition coefficient (Wildman–Crippen LogP) is 2.04. The topological polar surface area (TPSA) is 89.6 Å². The average Bonchev–Trinajstić information content (AvgIpc) is 2.75. The van der Waals surface area contributed by atoms with E-state index in [2.05, 4.69) is 21.2 Å². The van der Waals surface area contributed by atoms with Crippen LogP contribution in [0.3, 0.4) is 0 Å². The summed E-state index contributed by atoms with van der Waals surface area (Å²) >= 11 is 2.93. The molecule has 6 nitrogen and oxygen atoms in total. The van der Waals surface area contributed by atoms with Gasteiger partial charge in [-0.25, -0.2) is 0 Å². The second-order valence-electron chi connectivity index (χ2n) is 4.79. The lowest BCUT2D eigenvalue weighted by atomic mass is 10.1. The van der Waals surface area contributed by atoms with Gasteiger partial charge in [0.25, 0.3) is 0 Å². The Morgan fingerprint density at radius 1 is 1.50 bits per heavy atom. The van der Waals surface area contributed by atoms with Crippen molar-refractivity contribution in [3.63, 3.8) is 0 Å². The number of hydrogen-bond acceptors (Lipinski definition) is 2. The summed E-state index contributed by atoms with van der Waals surface area (Å²) < 4.78 is 40.4. The number of nitrogens with zero attached hydrogens (tertiary/aromatic N) is 1. The molecule has 1 aliphatic rings. The first-order chi connectivity index (χ1) is 10.0. The fourth-order valence-corrected chi connectivity index (χ4v) is 3.37. The minimum absolute atomic E-state index is 0.0747. The van der Waals surface area contributed by atoms with E-state index in [1.165, 1.54) is 13.0 Å². The molecule has 0 atom stereocenters. The highest BCUT2D eigenvalue weighted by atomic mass is 79.9. The van der Waals surface area contributed by atoms with Crippen LogP contribution in [-0.2, 0) is 21.4 Å². The highest BCUT2D eigenvalue weighted by Gasteiger charge is 2.52. The van der Waals surface area contributed by atoms with Gasteiger partial charge >= 0.3 is 13.3 Å². The average molecular weight is 398 g/mol. The summed E-state index contributed by atoms with van der Waals surface area (Å²) in [6.07, 6.45) is 2.17. The number of nitrogens with one attached hydrogen (secondary N) is 1. The van der Waals surface area contributed by atoms with Gasteiger partial charge in [-0.2, -0.15) is 13.4 Å². The first-order valence-electron chi connectivity index (χ1n) is 6.15. The predicted molar refractivity (Wildman–Crippen MR) is 78.5 cm³/mol. The minimum Gasteiger partial charge on any atom is -0.320 e. The number of rotatable bonds is 4. The molecule has 1 amide bonds. The van der Waals surface area contributed by atoms with Crippen LogP contribution >= 0.6 is 23.5 Å². The van der Waals surface area contributed by atoms with Gasteiger partial charge in [-0.3, -0.25) is 9.36 Å². The molecular formula is C12H13BrF2N2O4P+. The first kappa shape index (κ1) is 17.2. The van der Waals surface area contributed by atoms with E-state index in [1.54, 1.807) is 10.8 Å². The molecule has 0 radical (unpaired) electrons. The molecule has 0 bridgehead atoms. The van der Waals surface area contributed by atoms with Crippen LogP contribution in [0.25, 0.3) is 0 Å². The van der Waals surface area contributed by atoms with E-state index in [9.17, 15) is 18.1 Å². The smallest absolute Gasteiger partial charge is 0.320 e. The lowest BCUT2D eigenvalue weighted by Gasteiger charge is -2.19. The Kier molecular flexibility index (Phi) is 4.54. The zero-order chi connectivity index (χ0) is 16.7. The molecule has 0 aliphatic carbocycles. The van der Waals surface area contributed by atoms with Gasteiger partial charge < -0.3 is 15.1 Å². The number of alkyl halides is 2. The van der Waals surface area contributed by atoms with Crippen molar-refractivity contribution in [2.45, 2.75) is 19.0 Å². The van der Waals surface area contributed by atoms with Crippen LogP contribution in [0.4, 0.5) is 14.5 Å². The van der Waals surface area contributed by atoms with Gasteiger partial charge in [-0.15, -0.1) is 0 Å². The van der Waals surface area contributed by atoms with Gasteiger partial charge in [0.05, 0.1) is 12.0 Å². The molecule has 1 aliphatic heterocycles. The summed E-state index contributed by atoms with van der Waals surface area (Å²) in [5.41, 5.74) is -4.01. The maximum atomic E-state index is 13.9. The van der Waals surface area contributed by atoms with Crippen LogP contribution in [0, 0.1) is 0 Å². The molecule has 0 saturated carbocycles. The monoisotopic (exact) mass is 397 g/mol. The van der Waals surface area contributed by atoms with Crippen molar-refractivity contribution in [2.75, 3.05) is 6.67 Å². The molecule has 0 unspecified atom stereocenters. The highest BCUT2D eigenvalue weighted by molar-refractivity contribution is 9.10. The second-order valence-corrected chi connectivity index (χ2v) is 7.30. The first-order valence-corrected chi connectivity index (χ1v) is 8.55. The third kappa shape index (κ3) is 3.12. The van der Waals surface area contributed by atoms with E-state index >= 15 is 0 Å². The quantitative estimate of drug-likeness (QED) is 0.535. The molecule has 3 N–H and O–H groups in total. The van der Waals surface area contributed by atoms with Crippen LogP contribution in [-0.4, -0.2) is 33.2 Å². The van der Waals surface area contributed by atoms with E-state index < -0.39 is 18.8 Å². The second kappa shape index (κ2) is 5.81. The third-order valence-corrected chi connectivity index (χ3v) is 4.83. The Bertz CT molecular complexity index is 717. The molecule has 0 spiro atoms.